The first kappa shape index (κ1) is 21.1. The van der Waals surface area contributed by atoms with Gasteiger partial charge in [0.2, 0.25) is 0 Å². The average Bonchev–Trinajstić information content (AvgIpc) is 3.24. The number of ether oxygens (including phenoxy) is 2. The number of hydrogen-bond donors (Lipinski definition) is 1. The number of amides is 1. The van der Waals surface area contributed by atoms with Crippen LogP contribution in [0.1, 0.15) is 23.8 Å². The van der Waals surface area contributed by atoms with Gasteiger partial charge in [0.1, 0.15) is 17.3 Å². The molecule has 6 nitrogen and oxygen atoms in total. The van der Waals surface area contributed by atoms with Gasteiger partial charge < -0.3 is 14.8 Å². The molecular weight excluding hydrogens is 409 g/mol. The van der Waals surface area contributed by atoms with Crippen LogP contribution in [0.2, 0.25) is 0 Å². The zero-order chi connectivity index (χ0) is 22.3. The molecule has 1 heterocycles. The maximum absolute atomic E-state index is 13.2. The van der Waals surface area contributed by atoms with E-state index in [1.807, 2.05) is 37.3 Å². The Kier molecular flexibility index (Phi) is 6.46. The van der Waals surface area contributed by atoms with Gasteiger partial charge in [-0.25, -0.2) is 9.07 Å². The minimum Gasteiger partial charge on any atom is -0.489 e. The average molecular weight is 431 g/mol. The van der Waals surface area contributed by atoms with E-state index in [9.17, 15) is 9.18 Å². The van der Waals surface area contributed by atoms with E-state index in [1.165, 1.54) is 16.8 Å². The summed E-state index contributed by atoms with van der Waals surface area (Å²) >= 11 is 0. The summed E-state index contributed by atoms with van der Waals surface area (Å²) in [6, 6.07) is 22.3. The Bertz CT molecular complexity index is 1170. The molecule has 0 aliphatic rings. The fraction of sp³-hybridized carbons (Fsp3) is 0.120. The maximum atomic E-state index is 13.2. The van der Waals surface area contributed by atoms with E-state index < -0.39 is 5.91 Å². The summed E-state index contributed by atoms with van der Waals surface area (Å²) in [5, 5.41) is 7.19. The molecule has 0 unspecified atom stereocenters. The fourth-order valence-corrected chi connectivity index (χ4v) is 2.98. The Morgan fingerprint density at radius 3 is 2.34 bits per heavy atom. The van der Waals surface area contributed by atoms with Gasteiger partial charge in [0, 0.05) is 5.69 Å². The molecule has 0 saturated heterocycles. The van der Waals surface area contributed by atoms with Gasteiger partial charge in [0.15, 0.2) is 11.4 Å². The van der Waals surface area contributed by atoms with E-state index in [-0.39, 0.29) is 11.5 Å². The largest absolute Gasteiger partial charge is 0.489 e. The molecule has 0 radical (unpaired) electrons. The number of nitrogens with one attached hydrogen (secondary N) is 1. The van der Waals surface area contributed by atoms with Crippen molar-refractivity contribution in [1.82, 2.24) is 9.78 Å². The summed E-state index contributed by atoms with van der Waals surface area (Å²) in [6.45, 7) is 2.42. The Labute approximate surface area is 185 Å². The van der Waals surface area contributed by atoms with Crippen LogP contribution in [0.15, 0.2) is 85.1 Å². The number of anilines is 1. The number of carbonyl (C=O) groups excluding carboxylic acids is 1. The monoisotopic (exact) mass is 431 g/mol. The molecule has 1 N–H and O–H groups in total. The van der Waals surface area contributed by atoms with Crippen molar-refractivity contribution in [2.45, 2.75) is 13.3 Å². The summed E-state index contributed by atoms with van der Waals surface area (Å²) in [5.74, 6) is 0.988. The summed E-state index contributed by atoms with van der Waals surface area (Å²) in [7, 11) is 0. The lowest BCUT2D eigenvalue weighted by molar-refractivity contribution is 0.101. The summed E-state index contributed by atoms with van der Waals surface area (Å²) in [6.07, 6.45) is 2.40. The predicted octanol–water partition coefficient (Wildman–Crippen LogP) is 5.84. The first-order valence-electron chi connectivity index (χ1n) is 10.2. The normalized spacial score (nSPS) is 10.6. The topological polar surface area (TPSA) is 65.4 Å². The number of benzene rings is 3. The number of rotatable bonds is 8. The molecule has 4 rings (SSSR count). The Morgan fingerprint density at radius 2 is 1.66 bits per heavy atom. The molecule has 0 spiro atoms. The highest BCUT2D eigenvalue weighted by Gasteiger charge is 2.19. The van der Waals surface area contributed by atoms with E-state index in [1.54, 1.807) is 42.6 Å². The van der Waals surface area contributed by atoms with Gasteiger partial charge in [-0.1, -0.05) is 25.1 Å². The zero-order valence-corrected chi connectivity index (χ0v) is 17.5. The Hall–Kier alpha value is -4.13. The van der Waals surface area contributed by atoms with E-state index >= 15 is 0 Å². The van der Waals surface area contributed by atoms with Crippen LogP contribution in [-0.4, -0.2) is 22.3 Å². The van der Waals surface area contributed by atoms with Crippen molar-refractivity contribution in [3.63, 3.8) is 0 Å². The van der Waals surface area contributed by atoms with E-state index in [2.05, 4.69) is 10.4 Å². The molecule has 3 aromatic carbocycles. The third-order valence-electron chi connectivity index (χ3n) is 4.54. The van der Waals surface area contributed by atoms with Crippen molar-refractivity contribution < 1.29 is 18.7 Å². The first-order chi connectivity index (χ1) is 15.6. The van der Waals surface area contributed by atoms with Gasteiger partial charge >= 0.3 is 0 Å². The third-order valence-corrected chi connectivity index (χ3v) is 4.54. The number of aromatic nitrogens is 2. The molecule has 4 aromatic rings. The number of nitrogens with zero attached hydrogens (tertiary/aromatic N) is 2. The van der Waals surface area contributed by atoms with Crippen LogP contribution >= 0.6 is 0 Å². The zero-order valence-electron chi connectivity index (χ0n) is 17.5. The summed E-state index contributed by atoms with van der Waals surface area (Å²) in [5.41, 5.74) is 1.36. The lowest BCUT2D eigenvalue weighted by atomic mass is 10.2. The second kappa shape index (κ2) is 9.78. The van der Waals surface area contributed by atoms with Crippen molar-refractivity contribution in [1.29, 1.82) is 0 Å². The van der Waals surface area contributed by atoms with E-state index in [4.69, 9.17) is 9.47 Å². The van der Waals surface area contributed by atoms with Gasteiger partial charge in [-0.3, -0.25) is 4.79 Å². The first-order valence-corrected chi connectivity index (χ1v) is 10.2. The maximum Gasteiger partial charge on any atom is 0.280 e. The summed E-state index contributed by atoms with van der Waals surface area (Å²) in [4.78, 5) is 12.9. The molecule has 162 valence electrons. The SMILES string of the molecule is CCCOc1cn(-c2ccc(F)cc2)nc1C(=O)Nc1ccc(Oc2ccccc2)cc1. The highest BCUT2D eigenvalue weighted by Crippen LogP contribution is 2.25. The van der Waals surface area contributed by atoms with E-state index in [0.717, 1.165) is 12.2 Å². The highest BCUT2D eigenvalue weighted by molar-refractivity contribution is 6.04. The van der Waals surface area contributed by atoms with Crippen LogP contribution in [0, 0.1) is 5.82 Å². The molecule has 0 bridgehead atoms. The minimum atomic E-state index is -0.409. The number of hydrogen-bond acceptors (Lipinski definition) is 4. The van der Waals surface area contributed by atoms with Crippen LogP contribution in [0.5, 0.6) is 17.2 Å². The Morgan fingerprint density at radius 1 is 0.969 bits per heavy atom. The van der Waals surface area contributed by atoms with Crippen molar-refractivity contribution >= 4 is 11.6 Å². The third kappa shape index (κ3) is 5.13. The molecule has 0 atom stereocenters. The second-order valence-electron chi connectivity index (χ2n) is 7.01. The van der Waals surface area contributed by atoms with Gasteiger partial charge in [-0.15, -0.1) is 0 Å². The van der Waals surface area contributed by atoms with Crippen LogP contribution in [0.25, 0.3) is 5.69 Å². The van der Waals surface area contributed by atoms with Crippen molar-refractivity contribution in [2.24, 2.45) is 0 Å². The van der Waals surface area contributed by atoms with Crippen molar-refractivity contribution in [3.8, 4) is 22.9 Å². The summed E-state index contributed by atoms with van der Waals surface area (Å²) < 4.78 is 26.2. The minimum absolute atomic E-state index is 0.146. The predicted molar refractivity (Wildman–Crippen MR) is 120 cm³/mol. The molecule has 32 heavy (non-hydrogen) atoms. The number of carbonyl (C=O) groups is 1. The van der Waals surface area contributed by atoms with Crippen LogP contribution < -0.4 is 14.8 Å². The number of halogens is 1. The molecule has 1 amide bonds. The van der Waals surface area contributed by atoms with Crippen LogP contribution in [0.4, 0.5) is 10.1 Å². The molecule has 7 heteroatoms. The molecule has 0 fully saturated rings. The van der Waals surface area contributed by atoms with Crippen LogP contribution in [0.3, 0.4) is 0 Å². The van der Waals surface area contributed by atoms with Gasteiger partial charge in [-0.05, 0) is 67.1 Å². The van der Waals surface area contributed by atoms with Gasteiger partial charge in [0.25, 0.3) is 5.91 Å². The van der Waals surface area contributed by atoms with Gasteiger partial charge in [0.05, 0.1) is 18.5 Å². The Balaban J connectivity index is 1.51. The molecule has 1 aromatic heterocycles. The van der Waals surface area contributed by atoms with Crippen LogP contribution in [-0.2, 0) is 0 Å². The fourth-order valence-electron chi connectivity index (χ4n) is 2.98. The second-order valence-corrected chi connectivity index (χ2v) is 7.01. The number of para-hydroxylation sites is 1. The molecule has 0 aliphatic heterocycles. The smallest absolute Gasteiger partial charge is 0.280 e. The highest BCUT2D eigenvalue weighted by atomic mass is 19.1. The lowest BCUT2D eigenvalue weighted by Crippen LogP contribution is -2.14. The quantitative estimate of drug-likeness (QED) is 0.380. The van der Waals surface area contributed by atoms with Crippen molar-refractivity contribution in [3.05, 3.63) is 96.6 Å². The lowest BCUT2D eigenvalue weighted by Gasteiger charge is -2.08. The van der Waals surface area contributed by atoms with Gasteiger partial charge in [-0.2, -0.15) is 5.10 Å². The molecule has 0 aliphatic carbocycles. The van der Waals surface area contributed by atoms with Crippen molar-refractivity contribution in [2.75, 3.05) is 11.9 Å². The standard InChI is InChI=1S/C25H22FN3O3/c1-2-16-31-23-17-29(20-12-8-18(26)9-13-20)28-24(23)25(30)27-19-10-14-22(15-11-19)32-21-6-4-3-5-7-21/h3-15,17H,2,16H2,1H3,(H,27,30). The van der Waals surface area contributed by atoms with E-state index in [0.29, 0.717) is 29.5 Å². The molecular formula is C25H22FN3O3. The molecule has 0 saturated carbocycles.